The van der Waals surface area contributed by atoms with Crippen molar-refractivity contribution in [3.05, 3.63) is 11.6 Å². The van der Waals surface area contributed by atoms with Crippen molar-refractivity contribution in [3.8, 4) is 0 Å². The van der Waals surface area contributed by atoms with Gasteiger partial charge < -0.3 is 10.5 Å². The molecule has 1 aromatic heterocycles. The lowest BCUT2D eigenvalue weighted by Gasteiger charge is -2.20. The van der Waals surface area contributed by atoms with Crippen molar-refractivity contribution in [2.24, 2.45) is 0 Å². The fourth-order valence-corrected chi connectivity index (χ4v) is 2.26. The number of aromatic nitrogens is 3. The number of anilines is 1. The summed E-state index contributed by atoms with van der Waals surface area (Å²) in [7, 11) is 0. The van der Waals surface area contributed by atoms with Gasteiger partial charge in [0.05, 0.1) is 0 Å². The maximum atomic E-state index is 5.72. The molecule has 0 aliphatic heterocycles. The summed E-state index contributed by atoms with van der Waals surface area (Å²) in [5.74, 6) is 2.27. The molecule has 1 saturated carbocycles. The first kappa shape index (κ1) is 12.2. The molecule has 5 heteroatoms. The molecule has 1 aliphatic carbocycles. The fraction of sp³-hybridized carbons (Fsp3) is 0.750. The first-order valence-electron chi connectivity index (χ1n) is 6.37. The lowest BCUT2D eigenvalue weighted by molar-refractivity contribution is 0.128. The summed E-state index contributed by atoms with van der Waals surface area (Å²) in [6, 6.07) is 0. The lowest BCUT2D eigenvalue weighted by atomic mass is 9.89. The zero-order valence-corrected chi connectivity index (χ0v) is 10.4. The van der Waals surface area contributed by atoms with Crippen molar-refractivity contribution < 1.29 is 4.74 Å². The van der Waals surface area contributed by atoms with Crippen LogP contribution in [0.4, 0.5) is 5.95 Å². The summed E-state index contributed by atoms with van der Waals surface area (Å²) in [6.45, 7) is 3.03. The van der Waals surface area contributed by atoms with E-state index >= 15 is 0 Å². The number of ether oxygens (including phenoxy) is 1. The summed E-state index contributed by atoms with van der Waals surface area (Å²) in [4.78, 5) is 12.8. The van der Waals surface area contributed by atoms with Crippen molar-refractivity contribution >= 4 is 5.95 Å². The monoisotopic (exact) mass is 236 g/mol. The van der Waals surface area contributed by atoms with E-state index in [1.807, 2.05) is 6.92 Å². The minimum Gasteiger partial charge on any atom is -0.374 e. The maximum absolute atomic E-state index is 5.72. The SMILES string of the molecule is CCOCc1nc(N)nc(C2CCCCC2)n1. The van der Waals surface area contributed by atoms with Crippen LogP contribution in [0.3, 0.4) is 0 Å². The third-order valence-corrected chi connectivity index (χ3v) is 3.12. The summed E-state index contributed by atoms with van der Waals surface area (Å²) >= 11 is 0. The Labute approximate surface area is 102 Å². The second-order valence-electron chi connectivity index (χ2n) is 4.44. The van der Waals surface area contributed by atoms with E-state index < -0.39 is 0 Å². The molecule has 17 heavy (non-hydrogen) atoms. The largest absolute Gasteiger partial charge is 0.374 e. The van der Waals surface area contributed by atoms with Gasteiger partial charge in [-0.15, -0.1) is 0 Å². The molecule has 1 fully saturated rings. The van der Waals surface area contributed by atoms with Gasteiger partial charge in [-0.3, -0.25) is 0 Å². The van der Waals surface area contributed by atoms with E-state index in [9.17, 15) is 0 Å². The molecular formula is C12H20N4O. The Hall–Kier alpha value is -1.23. The van der Waals surface area contributed by atoms with E-state index in [0.29, 0.717) is 30.9 Å². The molecule has 1 aliphatic rings. The van der Waals surface area contributed by atoms with Crippen LogP contribution < -0.4 is 5.73 Å². The third-order valence-electron chi connectivity index (χ3n) is 3.12. The van der Waals surface area contributed by atoms with Crippen molar-refractivity contribution in [2.45, 2.75) is 51.6 Å². The highest BCUT2D eigenvalue weighted by Gasteiger charge is 2.19. The number of nitrogen functional groups attached to an aromatic ring is 1. The zero-order chi connectivity index (χ0) is 12.1. The van der Waals surface area contributed by atoms with Crippen LogP contribution in [0.2, 0.25) is 0 Å². The molecule has 0 saturated heterocycles. The first-order chi connectivity index (χ1) is 8.29. The van der Waals surface area contributed by atoms with Crippen molar-refractivity contribution in [3.63, 3.8) is 0 Å². The number of hydrogen-bond donors (Lipinski definition) is 1. The number of nitrogens with two attached hydrogens (primary N) is 1. The maximum Gasteiger partial charge on any atom is 0.223 e. The minimum absolute atomic E-state index is 0.315. The Bertz CT molecular complexity index is 364. The van der Waals surface area contributed by atoms with Gasteiger partial charge in [-0.05, 0) is 19.8 Å². The Morgan fingerprint density at radius 2 is 1.94 bits per heavy atom. The predicted molar refractivity (Wildman–Crippen MR) is 65.4 cm³/mol. The molecule has 94 valence electrons. The highest BCUT2D eigenvalue weighted by Crippen LogP contribution is 2.30. The molecule has 0 spiro atoms. The summed E-state index contributed by atoms with van der Waals surface area (Å²) in [5.41, 5.74) is 5.72. The second-order valence-corrected chi connectivity index (χ2v) is 4.44. The second kappa shape index (κ2) is 5.91. The molecule has 1 aromatic rings. The highest BCUT2D eigenvalue weighted by atomic mass is 16.5. The van der Waals surface area contributed by atoms with E-state index in [4.69, 9.17) is 10.5 Å². The van der Waals surface area contributed by atoms with E-state index in [-0.39, 0.29) is 0 Å². The van der Waals surface area contributed by atoms with Crippen LogP contribution in [0.1, 0.15) is 56.6 Å². The molecule has 0 aromatic carbocycles. The molecule has 0 unspecified atom stereocenters. The van der Waals surface area contributed by atoms with Gasteiger partial charge >= 0.3 is 0 Å². The first-order valence-corrected chi connectivity index (χ1v) is 6.37. The number of nitrogens with zero attached hydrogens (tertiary/aromatic N) is 3. The topological polar surface area (TPSA) is 73.9 Å². The highest BCUT2D eigenvalue weighted by molar-refractivity contribution is 5.17. The number of hydrogen-bond acceptors (Lipinski definition) is 5. The summed E-state index contributed by atoms with van der Waals surface area (Å²) in [5, 5.41) is 0. The van der Waals surface area contributed by atoms with E-state index in [0.717, 1.165) is 18.7 Å². The average Bonchev–Trinajstić information content (AvgIpc) is 2.37. The van der Waals surface area contributed by atoms with Crippen molar-refractivity contribution in [1.82, 2.24) is 15.0 Å². The van der Waals surface area contributed by atoms with Crippen LogP contribution in [0.15, 0.2) is 0 Å². The molecule has 1 heterocycles. The number of rotatable bonds is 4. The van der Waals surface area contributed by atoms with E-state index in [1.54, 1.807) is 0 Å². The minimum atomic E-state index is 0.315. The molecule has 0 amide bonds. The Balaban J connectivity index is 2.12. The smallest absolute Gasteiger partial charge is 0.223 e. The van der Waals surface area contributed by atoms with Crippen LogP contribution >= 0.6 is 0 Å². The van der Waals surface area contributed by atoms with Crippen LogP contribution in [-0.2, 0) is 11.3 Å². The van der Waals surface area contributed by atoms with Crippen LogP contribution in [0.5, 0.6) is 0 Å². The third kappa shape index (κ3) is 3.36. The van der Waals surface area contributed by atoms with Crippen molar-refractivity contribution in [1.29, 1.82) is 0 Å². The molecule has 2 N–H and O–H groups in total. The summed E-state index contributed by atoms with van der Waals surface area (Å²) < 4.78 is 5.31. The quantitative estimate of drug-likeness (QED) is 0.865. The zero-order valence-electron chi connectivity index (χ0n) is 10.4. The van der Waals surface area contributed by atoms with Gasteiger partial charge in [-0.2, -0.15) is 9.97 Å². The molecule has 5 nitrogen and oxygen atoms in total. The van der Waals surface area contributed by atoms with E-state index in [1.165, 1.54) is 19.3 Å². The predicted octanol–water partition coefficient (Wildman–Crippen LogP) is 2.04. The molecule has 0 atom stereocenters. The molecular weight excluding hydrogens is 216 g/mol. The molecule has 0 bridgehead atoms. The Morgan fingerprint density at radius 1 is 1.18 bits per heavy atom. The van der Waals surface area contributed by atoms with Gasteiger partial charge in [0.15, 0.2) is 5.82 Å². The van der Waals surface area contributed by atoms with Gasteiger partial charge in [0.25, 0.3) is 0 Å². The molecule has 2 rings (SSSR count). The van der Waals surface area contributed by atoms with E-state index in [2.05, 4.69) is 15.0 Å². The summed E-state index contributed by atoms with van der Waals surface area (Å²) in [6.07, 6.45) is 6.17. The molecule has 0 radical (unpaired) electrons. The van der Waals surface area contributed by atoms with Crippen LogP contribution in [-0.4, -0.2) is 21.6 Å². The van der Waals surface area contributed by atoms with Gasteiger partial charge in [-0.1, -0.05) is 19.3 Å². The van der Waals surface area contributed by atoms with Crippen LogP contribution in [0, 0.1) is 0 Å². The average molecular weight is 236 g/mol. The van der Waals surface area contributed by atoms with Gasteiger partial charge in [0.2, 0.25) is 5.95 Å². The Morgan fingerprint density at radius 3 is 2.65 bits per heavy atom. The standard InChI is InChI=1S/C12H20N4O/c1-2-17-8-10-14-11(16-12(13)15-10)9-6-4-3-5-7-9/h9H,2-8H2,1H3,(H2,13,14,15,16). The van der Waals surface area contributed by atoms with Crippen LogP contribution in [0.25, 0.3) is 0 Å². The van der Waals surface area contributed by atoms with Crippen molar-refractivity contribution in [2.75, 3.05) is 12.3 Å². The Kier molecular flexibility index (Phi) is 4.25. The van der Waals surface area contributed by atoms with Gasteiger partial charge in [0, 0.05) is 12.5 Å². The van der Waals surface area contributed by atoms with Gasteiger partial charge in [-0.25, -0.2) is 4.98 Å². The van der Waals surface area contributed by atoms with Gasteiger partial charge in [0.1, 0.15) is 12.4 Å². The normalized spacial score (nSPS) is 17.2. The lowest BCUT2D eigenvalue weighted by Crippen LogP contribution is -2.14. The fourth-order valence-electron chi connectivity index (χ4n) is 2.26.